The number of hydrogen-bond acceptors (Lipinski definition) is 4. The number of likely N-dealkylation sites (tertiary alicyclic amines) is 1. The number of esters is 1. The highest BCUT2D eigenvalue weighted by atomic mass is 32.1. The molecule has 144 valence electrons. The Labute approximate surface area is 160 Å². The lowest BCUT2D eigenvalue weighted by molar-refractivity contribution is -0.900. The number of piperidine rings is 1. The summed E-state index contributed by atoms with van der Waals surface area (Å²) >= 11 is 1.57. The van der Waals surface area contributed by atoms with Crippen LogP contribution >= 0.6 is 11.3 Å². The fourth-order valence-electron chi connectivity index (χ4n) is 4.21. The number of rotatable bonds is 5. The molecule has 1 unspecified atom stereocenters. The molecule has 2 heterocycles. The first kappa shape index (κ1) is 19.4. The molecule has 1 aliphatic heterocycles. The van der Waals surface area contributed by atoms with E-state index in [4.69, 9.17) is 4.74 Å². The lowest BCUT2D eigenvalue weighted by Crippen LogP contribution is -3.14. The van der Waals surface area contributed by atoms with Crippen molar-refractivity contribution in [1.29, 1.82) is 0 Å². The third-order valence-electron chi connectivity index (χ3n) is 5.52. The molecule has 1 saturated heterocycles. The fraction of sp³-hybridized carbons (Fsp3) is 0.700. The van der Waals surface area contributed by atoms with Crippen molar-refractivity contribution in [2.24, 2.45) is 11.8 Å². The molecule has 3 rings (SSSR count). The molecule has 6 heteroatoms. The molecule has 0 radical (unpaired) electrons. The molecule has 2 N–H and O–H groups in total. The second-order valence-electron chi connectivity index (χ2n) is 7.95. The molecule has 1 amide bonds. The maximum atomic E-state index is 12.6. The number of thiophene rings is 1. The Morgan fingerprint density at radius 1 is 1.27 bits per heavy atom. The summed E-state index contributed by atoms with van der Waals surface area (Å²) in [4.78, 5) is 27.7. The Bertz CT molecular complexity index is 670. The van der Waals surface area contributed by atoms with E-state index >= 15 is 0 Å². The van der Waals surface area contributed by atoms with Gasteiger partial charge in [0.05, 0.1) is 25.3 Å². The number of quaternary nitrogens is 1. The molecular weight excluding hydrogens is 348 g/mol. The Kier molecular flexibility index (Phi) is 6.35. The van der Waals surface area contributed by atoms with Gasteiger partial charge in [-0.2, -0.15) is 0 Å². The fourth-order valence-corrected chi connectivity index (χ4v) is 5.63. The van der Waals surface area contributed by atoms with Crippen molar-refractivity contribution in [2.75, 3.05) is 31.6 Å². The molecule has 26 heavy (non-hydrogen) atoms. The summed E-state index contributed by atoms with van der Waals surface area (Å²) in [6.07, 6.45) is 5.40. The summed E-state index contributed by atoms with van der Waals surface area (Å²) in [6, 6.07) is 0. The van der Waals surface area contributed by atoms with Gasteiger partial charge >= 0.3 is 5.97 Å². The molecule has 1 aliphatic carbocycles. The van der Waals surface area contributed by atoms with Crippen LogP contribution in [0.3, 0.4) is 0 Å². The topological polar surface area (TPSA) is 59.8 Å². The van der Waals surface area contributed by atoms with Crippen LogP contribution in [0.2, 0.25) is 0 Å². The van der Waals surface area contributed by atoms with Gasteiger partial charge in [-0.15, -0.1) is 11.3 Å². The van der Waals surface area contributed by atoms with Gasteiger partial charge in [-0.3, -0.25) is 4.79 Å². The summed E-state index contributed by atoms with van der Waals surface area (Å²) in [6.45, 7) is 9.25. The zero-order valence-electron chi connectivity index (χ0n) is 16.2. The van der Waals surface area contributed by atoms with E-state index in [0.717, 1.165) is 37.9 Å². The quantitative estimate of drug-likeness (QED) is 0.772. The van der Waals surface area contributed by atoms with E-state index < -0.39 is 0 Å². The van der Waals surface area contributed by atoms with Crippen molar-refractivity contribution >= 4 is 28.2 Å². The minimum Gasteiger partial charge on any atom is -0.462 e. The first-order valence-electron chi connectivity index (χ1n) is 9.93. The molecule has 2 aliphatic rings. The second kappa shape index (κ2) is 8.53. The molecule has 0 spiro atoms. The smallest absolute Gasteiger partial charge is 0.341 e. The largest absolute Gasteiger partial charge is 0.462 e. The first-order valence-corrected chi connectivity index (χ1v) is 10.7. The van der Waals surface area contributed by atoms with Crippen LogP contribution in [0.1, 0.15) is 60.8 Å². The number of fused-ring (bicyclic) bond motifs is 1. The highest BCUT2D eigenvalue weighted by Crippen LogP contribution is 2.40. The van der Waals surface area contributed by atoms with Crippen molar-refractivity contribution in [1.82, 2.24) is 0 Å². The summed E-state index contributed by atoms with van der Waals surface area (Å²) in [5.41, 5.74) is 1.70. The Balaban J connectivity index is 1.75. The third-order valence-corrected chi connectivity index (χ3v) is 6.69. The normalized spacial score (nSPS) is 25.4. The van der Waals surface area contributed by atoms with Gasteiger partial charge in [-0.25, -0.2) is 4.79 Å². The van der Waals surface area contributed by atoms with E-state index in [1.807, 2.05) is 6.92 Å². The minimum atomic E-state index is -0.297. The molecule has 5 nitrogen and oxygen atoms in total. The van der Waals surface area contributed by atoms with Crippen LogP contribution in [0.15, 0.2) is 0 Å². The van der Waals surface area contributed by atoms with E-state index in [0.29, 0.717) is 35.6 Å². The van der Waals surface area contributed by atoms with E-state index in [9.17, 15) is 9.59 Å². The number of nitrogens with one attached hydrogen (secondary N) is 2. The van der Waals surface area contributed by atoms with Crippen LogP contribution in [-0.4, -0.2) is 38.1 Å². The molecule has 1 aromatic rings. The molecule has 0 bridgehead atoms. The van der Waals surface area contributed by atoms with Gasteiger partial charge < -0.3 is 15.0 Å². The van der Waals surface area contributed by atoms with Gasteiger partial charge in [0.25, 0.3) is 5.91 Å². The lowest BCUT2D eigenvalue weighted by atomic mass is 9.88. The van der Waals surface area contributed by atoms with Crippen LogP contribution in [0.5, 0.6) is 0 Å². The number of anilines is 1. The predicted octanol–water partition coefficient (Wildman–Crippen LogP) is 2.30. The monoisotopic (exact) mass is 379 g/mol. The SMILES string of the molecule is CCOC(=O)c1c(NC(=O)C[NH+]2CCC[C@H](C)C2)sc2c1CC[C@@H](C)C2. The summed E-state index contributed by atoms with van der Waals surface area (Å²) < 4.78 is 5.28. The standard InChI is InChI=1S/C20H30N2O3S/c1-4-25-20(24)18-15-8-7-13(2)10-16(15)26-19(18)21-17(23)12-22-9-5-6-14(3)11-22/h13-14H,4-12H2,1-3H3,(H,21,23)/p+1/t13-,14+/m1/s1. The second-order valence-corrected chi connectivity index (χ2v) is 9.06. The van der Waals surface area contributed by atoms with Crippen LogP contribution in [0.4, 0.5) is 5.00 Å². The van der Waals surface area contributed by atoms with Gasteiger partial charge in [-0.1, -0.05) is 13.8 Å². The number of hydrogen-bond donors (Lipinski definition) is 2. The molecule has 3 atom stereocenters. The third kappa shape index (κ3) is 4.46. The van der Waals surface area contributed by atoms with Crippen molar-refractivity contribution < 1.29 is 19.2 Å². The summed E-state index contributed by atoms with van der Waals surface area (Å²) in [7, 11) is 0. The minimum absolute atomic E-state index is 0.00583. The van der Waals surface area contributed by atoms with Crippen LogP contribution in [0.25, 0.3) is 0 Å². The average molecular weight is 380 g/mol. The van der Waals surface area contributed by atoms with Gasteiger partial charge in [0.2, 0.25) is 0 Å². The zero-order chi connectivity index (χ0) is 18.7. The molecule has 0 aromatic carbocycles. The van der Waals surface area contributed by atoms with Crippen molar-refractivity contribution in [3.05, 3.63) is 16.0 Å². The Hall–Kier alpha value is -1.40. The van der Waals surface area contributed by atoms with Gasteiger partial charge in [0, 0.05) is 10.8 Å². The maximum absolute atomic E-state index is 12.6. The van der Waals surface area contributed by atoms with Crippen molar-refractivity contribution in [3.63, 3.8) is 0 Å². The average Bonchev–Trinajstić information content (AvgIpc) is 2.91. The van der Waals surface area contributed by atoms with Crippen LogP contribution < -0.4 is 10.2 Å². The van der Waals surface area contributed by atoms with Crippen LogP contribution in [0, 0.1) is 11.8 Å². The number of carbonyl (C=O) groups is 2. The van der Waals surface area contributed by atoms with Gasteiger partial charge in [0.15, 0.2) is 6.54 Å². The molecule has 1 aromatic heterocycles. The highest BCUT2D eigenvalue weighted by Gasteiger charge is 2.30. The van der Waals surface area contributed by atoms with Crippen molar-refractivity contribution in [2.45, 2.75) is 52.9 Å². The first-order chi connectivity index (χ1) is 12.5. The van der Waals surface area contributed by atoms with Crippen molar-refractivity contribution in [3.8, 4) is 0 Å². The van der Waals surface area contributed by atoms with E-state index in [-0.39, 0.29) is 11.9 Å². The predicted molar refractivity (Wildman–Crippen MR) is 104 cm³/mol. The Morgan fingerprint density at radius 2 is 2.08 bits per heavy atom. The lowest BCUT2D eigenvalue weighted by Gasteiger charge is -2.27. The maximum Gasteiger partial charge on any atom is 0.341 e. The Morgan fingerprint density at radius 3 is 2.81 bits per heavy atom. The van der Waals surface area contributed by atoms with E-state index in [1.165, 1.54) is 22.6 Å². The van der Waals surface area contributed by atoms with Crippen LogP contribution in [-0.2, 0) is 22.4 Å². The highest BCUT2D eigenvalue weighted by molar-refractivity contribution is 7.17. The molecule has 0 saturated carbocycles. The molecular formula is C20H31N2O3S+. The summed E-state index contributed by atoms with van der Waals surface area (Å²) in [5.74, 6) is 1.01. The number of amides is 1. The van der Waals surface area contributed by atoms with Gasteiger partial charge in [0.1, 0.15) is 5.00 Å². The summed E-state index contributed by atoms with van der Waals surface area (Å²) in [5, 5.41) is 3.73. The molecule has 1 fully saturated rings. The zero-order valence-corrected chi connectivity index (χ0v) is 17.0. The van der Waals surface area contributed by atoms with E-state index in [1.54, 1.807) is 11.3 Å². The van der Waals surface area contributed by atoms with Gasteiger partial charge in [-0.05, 0) is 50.5 Å². The van der Waals surface area contributed by atoms with E-state index in [2.05, 4.69) is 19.2 Å². The number of carbonyl (C=O) groups excluding carboxylic acids is 2. The number of ether oxygens (including phenoxy) is 1.